The van der Waals surface area contributed by atoms with Gasteiger partial charge in [0.15, 0.2) is 0 Å². The van der Waals surface area contributed by atoms with Gasteiger partial charge < -0.3 is 5.32 Å². The van der Waals surface area contributed by atoms with Crippen LogP contribution in [-0.2, 0) is 0 Å². The molecule has 0 saturated carbocycles. The van der Waals surface area contributed by atoms with E-state index in [1.807, 2.05) is 32.9 Å². The van der Waals surface area contributed by atoms with Crippen molar-refractivity contribution in [2.75, 3.05) is 5.32 Å². The fourth-order valence-corrected chi connectivity index (χ4v) is 3.00. The maximum Gasteiger partial charge on any atom is 0.275 e. The highest BCUT2D eigenvalue weighted by Gasteiger charge is 2.21. The molecule has 116 valence electrons. The van der Waals surface area contributed by atoms with E-state index in [0.29, 0.717) is 5.69 Å². The fourth-order valence-electron chi connectivity index (χ4n) is 2.19. The van der Waals surface area contributed by atoms with Gasteiger partial charge in [0, 0.05) is 5.69 Å². The Hall–Kier alpha value is -1.000. The zero-order chi connectivity index (χ0) is 16.6. The molecule has 0 aliphatic carbocycles. The smallest absolute Gasteiger partial charge is 0.275 e. The number of halogens is 4. The van der Waals surface area contributed by atoms with E-state index in [-0.39, 0.29) is 25.9 Å². The quantitative estimate of drug-likeness (QED) is 0.664. The van der Waals surface area contributed by atoms with Crippen LogP contribution in [0.15, 0.2) is 12.1 Å². The van der Waals surface area contributed by atoms with E-state index in [9.17, 15) is 4.79 Å². The minimum atomic E-state index is -0.500. The molecule has 0 aliphatic heterocycles. The largest absolute Gasteiger partial charge is 0.320 e. The Labute approximate surface area is 148 Å². The lowest BCUT2D eigenvalue weighted by molar-refractivity contribution is 0.102. The summed E-state index contributed by atoms with van der Waals surface area (Å²) < 4.78 is 0. The first-order valence-electron chi connectivity index (χ1n) is 6.31. The molecule has 1 aromatic heterocycles. The molecule has 1 aromatic carbocycles. The molecule has 0 atom stereocenters. The highest BCUT2D eigenvalue weighted by Crippen LogP contribution is 2.36. The monoisotopic (exact) mass is 376 g/mol. The van der Waals surface area contributed by atoms with Crippen LogP contribution < -0.4 is 5.32 Å². The standard InChI is InChI=1S/C15H12Cl4N2O/c1-6-4-7(2)12(8(3)5-6)21-15(22)13-10(17)9(16)11(18)14(19)20-13/h4-5H,1-3H3,(H,21,22). The number of hydrogen-bond acceptors (Lipinski definition) is 2. The maximum atomic E-state index is 12.4. The van der Waals surface area contributed by atoms with Gasteiger partial charge in [-0.1, -0.05) is 64.1 Å². The first-order valence-corrected chi connectivity index (χ1v) is 7.82. The van der Waals surface area contributed by atoms with Gasteiger partial charge in [0.2, 0.25) is 0 Å². The molecule has 0 unspecified atom stereocenters. The number of anilines is 1. The predicted octanol–water partition coefficient (Wildman–Crippen LogP) is 5.87. The number of aromatic nitrogens is 1. The van der Waals surface area contributed by atoms with Crippen molar-refractivity contribution in [3.8, 4) is 0 Å². The van der Waals surface area contributed by atoms with E-state index in [4.69, 9.17) is 46.4 Å². The highest BCUT2D eigenvalue weighted by atomic mass is 35.5. The maximum absolute atomic E-state index is 12.4. The second kappa shape index (κ2) is 6.63. The van der Waals surface area contributed by atoms with Crippen LogP contribution in [0.4, 0.5) is 5.69 Å². The molecule has 2 aromatic rings. The summed E-state index contributed by atoms with van der Waals surface area (Å²) in [6.07, 6.45) is 0. The number of amides is 1. The molecule has 22 heavy (non-hydrogen) atoms. The summed E-state index contributed by atoms with van der Waals surface area (Å²) in [7, 11) is 0. The second-order valence-electron chi connectivity index (χ2n) is 4.92. The average molecular weight is 378 g/mol. The summed E-state index contributed by atoms with van der Waals surface area (Å²) in [6.45, 7) is 5.81. The molecule has 1 amide bonds. The van der Waals surface area contributed by atoms with Crippen LogP contribution >= 0.6 is 46.4 Å². The Morgan fingerprint density at radius 2 is 1.50 bits per heavy atom. The van der Waals surface area contributed by atoms with Gasteiger partial charge >= 0.3 is 0 Å². The van der Waals surface area contributed by atoms with Gasteiger partial charge in [0.25, 0.3) is 5.91 Å². The zero-order valence-corrected chi connectivity index (χ0v) is 15.0. The minimum Gasteiger partial charge on any atom is -0.320 e. The van der Waals surface area contributed by atoms with Crippen LogP contribution in [0.5, 0.6) is 0 Å². The number of benzene rings is 1. The minimum absolute atomic E-state index is 0.00540. The summed E-state index contributed by atoms with van der Waals surface area (Å²) in [5.74, 6) is -0.500. The molecule has 2 rings (SSSR count). The van der Waals surface area contributed by atoms with Gasteiger partial charge in [-0.05, 0) is 31.9 Å². The van der Waals surface area contributed by atoms with E-state index in [0.717, 1.165) is 16.7 Å². The van der Waals surface area contributed by atoms with Crippen LogP contribution in [0.3, 0.4) is 0 Å². The fraction of sp³-hybridized carbons (Fsp3) is 0.200. The number of carbonyl (C=O) groups is 1. The van der Waals surface area contributed by atoms with E-state index in [2.05, 4.69) is 10.3 Å². The molecular weight excluding hydrogens is 366 g/mol. The molecule has 0 bridgehead atoms. The first-order chi connectivity index (χ1) is 10.2. The Morgan fingerprint density at radius 3 is 2.05 bits per heavy atom. The average Bonchev–Trinajstić information content (AvgIpc) is 2.44. The summed E-state index contributed by atoms with van der Waals surface area (Å²) in [5, 5.41) is 2.71. The Balaban J connectivity index is 2.43. The Bertz CT molecular complexity index is 752. The lowest BCUT2D eigenvalue weighted by atomic mass is 10.0. The van der Waals surface area contributed by atoms with Crippen LogP contribution in [0.2, 0.25) is 20.2 Å². The molecular formula is C15H12Cl4N2O. The summed E-state index contributed by atoms with van der Waals surface area (Å²) in [6, 6.07) is 3.94. The lowest BCUT2D eigenvalue weighted by Gasteiger charge is -2.14. The number of nitrogens with one attached hydrogen (secondary N) is 1. The van der Waals surface area contributed by atoms with Crippen molar-refractivity contribution in [3.63, 3.8) is 0 Å². The van der Waals surface area contributed by atoms with Crippen LogP contribution in [-0.4, -0.2) is 10.9 Å². The number of nitrogens with zero attached hydrogens (tertiary/aromatic N) is 1. The van der Waals surface area contributed by atoms with Gasteiger partial charge in [-0.2, -0.15) is 0 Å². The molecule has 1 heterocycles. The SMILES string of the molecule is Cc1cc(C)c(NC(=O)c2nc(Cl)c(Cl)c(Cl)c2Cl)c(C)c1. The molecule has 0 saturated heterocycles. The number of rotatable bonds is 2. The normalized spacial score (nSPS) is 10.7. The van der Waals surface area contributed by atoms with Crippen LogP contribution in [0, 0.1) is 20.8 Å². The van der Waals surface area contributed by atoms with Gasteiger partial charge in [-0.15, -0.1) is 0 Å². The molecule has 3 nitrogen and oxygen atoms in total. The molecule has 7 heteroatoms. The third kappa shape index (κ3) is 3.33. The van der Waals surface area contributed by atoms with Gasteiger partial charge in [-0.25, -0.2) is 4.98 Å². The number of carbonyl (C=O) groups excluding carboxylic acids is 1. The van der Waals surface area contributed by atoms with Crippen LogP contribution in [0.25, 0.3) is 0 Å². The van der Waals surface area contributed by atoms with Gasteiger partial charge in [-0.3, -0.25) is 4.79 Å². The second-order valence-corrected chi connectivity index (χ2v) is 6.41. The van der Waals surface area contributed by atoms with Gasteiger partial charge in [0.05, 0.1) is 15.1 Å². The molecule has 0 aliphatic rings. The number of pyridine rings is 1. The Kier molecular flexibility index (Phi) is 5.23. The zero-order valence-electron chi connectivity index (χ0n) is 12.0. The highest BCUT2D eigenvalue weighted by molar-refractivity contribution is 6.52. The van der Waals surface area contributed by atoms with E-state index in [1.165, 1.54) is 0 Å². The molecule has 0 fully saturated rings. The van der Waals surface area contributed by atoms with E-state index < -0.39 is 5.91 Å². The van der Waals surface area contributed by atoms with E-state index in [1.54, 1.807) is 0 Å². The van der Waals surface area contributed by atoms with Crippen molar-refractivity contribution in [3.05, 3.63) is 54.7 Å². The van der Waals surface area contributed by atoms with Crippen molar-refractivity contribution < 1.29 is 4.79 Å². The third-order valence-electron chi connectivity index (χ3n) is 3.12. The van der Waals surface area contributed by atoms with Crippen LogP contribution in [0.1, 0.15) is 27.2 Å². The number of aryl methyl sites for hydroxylation is 3. The predicted molar refractivity (Wildman–Crippen MR) is 92.9 cm³/mol. The van der Waals surface area contributed by atoms with Crippen molar-refractivity contribution in [1.82, 2.24) is 4.98 Å². The number of hydrogen-bond donors (Lipinski definition) is 1. The topological polar surface area (TPSA) is 42.0 Å². The summed E-state index contributed by atoms with van der Waals surface area (Å²) in [4.78, 5) is 16.3. The summed E-state index contributed by atoms with van der Waals surface area (Å²) in [5.41, 5.74) is 3.62. The van der Waals surface area contributed by atoms with Crippen molar-refractivity contribution in [2.45, 2.75) is 20.8 Å². The van der Waals surface area contributed by atoms with Crippen molar-refractivity contribution >= 4 is 58.0 Å². The lowest BCUT2D eigenvalue weighted by Crippen LogP contribution is -2.16. The first kappa shape index (κ1) is 17.4. The van der Waals surface area contributed by atoms with Gasteiger partial charge in [0.1, 0.15) is 10.8 Å². The molecule has 1 N–H and O–H groups in total. The third-order valence-corrected chi connectivity index (χ3v) is 4.79. The Morgan fingerprint density at radius 1 is 0.955 bits per heavy atom. The molecule has 0 spiro atoms. The van der Waals surface area contributed by atoms with Crippen molar-refractivity contribution in [1.29, 1.82) is 0 Å². The van der Waals surface area contributed by atoms with Crippen molar-refractivity contribution in [2.24, 2.45) is 0 Å². The summed E-state index contributed by atoms with van der Waals surface area (Å²) >= 11 is 23.7. The molecule has 0 radical (unpaired) electrons. The van der Waals surface area contributed by atoms with E-state index >= 15 is 0 Å².